The average molecular weight is 460 g/mol. The fourth-order valence-corrected chi connectivity index (χ4v) is 5.23. The number of amides is 2. The van der Waals surface area contributed by atoms with Gasteiger partial charge in [0.1, 0.15) is 5.82 Å². The molecule has 3 N–H and O–H groups in total. The van der Waals surface area contributed by atoms with Gasteiger partial charge in [-0.3, -0.25) is 9.59 Å². The highest BCUT2D eigenvalue weighted by molar-refractivity contribution is 5.86. The van der Waals surface area contributed by atoms with Gasteiger partial charge in [0.05, 0.1) is 13.0 Å². The third-order valence-corrected chi connectivity index (χ3v) is 6.85. The van der Waals surface area contributed by atoms with Crippen LogP contribution in [0.3, 0.4) is 0 Å². The van der Waals surface area contributed by atoms with Crippen molar-refractivity contribution < 1.29 is 22.8 Å². The minimum atomic E-state index is -1.22. The summed E-state index contributed by atoms with van der Waals surface area (Å²) in [6, 6.07) is 10.4. The lowest BCUT2D eigenvalue weighted by atomic mass is 9.82. The summed E-state index contributed by atoms with van der Waals surface area (Å²) in [5.74, 6) is -3.37. The summed E-state index contributed by atoms with van der Waals surface area (Å²) in [6.07, 6.45) is 3.39. The zero-order valence-corrected chi connectivity index (χ0v) is 18.3. The first-order chi connectivity index (χ1) is 15.8. The third kappa shape index (κ3) is 5.38. The van der Waals surface area contributed by atoms with Gasteiger partial charge in [0, 0.05) is 24.2 Å². The first kappa shape index (κ1) is 23.3. The maximum atomic E-state index is 14.0. The van der Waals surface area contributed by atoms with E-state index in [-0.39, 0.29) is 54.8 Å². The van der Waals surface area contributed by atoms with E-state index in [1.54, 1.807) is 0 Å². The van der Waals surface area contributed by atoms with Gasteiger partial charge in [0.25, 0.3) is 0 Å². The Morgan fingerprint density at radius 1 is 1.00 bits per heavy atom. The molecule has 2 saturated heterocycles. The Morgan fingerprint density at radius 2 is 1.64 bits per heavy atom. The van der Waals surface area contributed by atoms with Gasteiger partial charge in [0.15, 0.2) is 11.6 Å². The largest absolute Gasteiger partial charge is 0.347 e. The minimum Gasteiger partial charge on any atom is -0.347 e. The standard InChI is InChI=1S/C25H28F3N3O2/c26-20-13-22(28)21(27)11-16(20)12-23(29)17-9-18-6-7-19(10-17)31(18)25(33)14-30-24(32)8-15-4-2-1-3-5-15/h1-5,11,13,17-19,23H,6-10,12,14,29H2,(H,30,32)/t17?,18?,19?,23-/m1/s1. The minimum absolute atomic E-state index is 0.0214. The SMILES string of the molecule is N[C@H](Cc1cc(F)c(F)cc1F)C1CC2CCC(C1)N2C(=O)CNC(=O)Cc1ccccc1. The van der Waals surface area contributed by atoms with Crippen LogP contribution in [-0.2, 0) is 22.4 Å². The van der Waals surface area contributed by atoms with Crippen molar-refractivity contribution in [1.82, 2.24) is 10.2 Å². The average Bonchev–Trinajstić information content (AvgIpc) is 3.05. The van der Waals surface area contributed by atoms with Gasteiger partial charge in [-0.1, -0.05) is 30.3 Å². The van der Waals surface area contributed by atoms with E-state index in [9.17, 15) is 22.8 Å². The monoisotopic (exact) mass is 459 g/mol. The molecule has 3 atom stereocenters. The molecule has 2 aromatic rings. The summed E-state index contributed by atoms with van der Waals surface area (Å²) < 4.78 is 40.7. The Balaban J connectivity index is 1.31. The molecule has 2 aromatic carbocycles. The number of carbonyl (C=O) groups excluding carboxylic acids is 2. The highest BCUT2D eigenvalue weighted by atomic mass is 19.2. The molecule has 33 heavy (non-hydrogen) atoms. The summed E-state index contributed by atoms with van der Waals surface area (Å²) in [5, 5.41) is 2.72. The van der Waals surface area contributed by atoms with Gasteiger partial charge >= 0.3 is 0 Å². The van der Waals surface area contributed by atoms with Gasteiger partial charge in [0.2, 0.25) is 11.8 Å². The molecule has 0 aromatic heterocycles. The van der Waals surface area contributed by atoms with E-state index in [4.69, 9.17) is 5.73 Å². The first-order valence-corrected chi connectivity index (χ1v) is 11.3. The summed E-state index contributed by atoms with van der Waals surface area (Å²) in [5.41, 5.74) is 7.29. The van der Waals surface area contributed by atoms with E-state index in [1.807, 2.05) is 35.2 Å². The van der Waals surface area contributed by atoms with Gasteiger partial charge in [-0.15, -0.1) is 0 Å². The molecule has 2 aliphatic rings. The number of benzene rings is 2. The molecule has 176 valence electrons. The third-order valence-electron chi connectivity index (χ3n) is 6.85. The van der Waals surface area contributed by atoms with Gasteiger partial charge in [-0.2, -0.15) is 0 Å². The van der Waals surface area contributed by atoms with Gasteiger partial charge in [-0.05, 0) is 55.2 Å². The molecule has 0 saturated carbocycles. The maximum absolute atomic E-state index is 14.0. The normalized spacial score (nSPS) is 22.8. The van der Waals surface area contributed by atoms with Crippen molar-refractivity contribution in [3.05, 3.63) is 71.0 Å². The highest BCUT2D eigenvalue weighted by Gasteiger charge is 2.44. The number of fused-ring (bicyclic) bond motifs is 2. The van der Waals surface area contributed by atoms with Crippen LogP contribution in [0.5, 0.6) is 0 Å². The highest BCUT2D eigenvalue weighted by Crippen LogP contribution is 2.40. The second-order valence-corrected chi connectivity index (χ2v) is 9.08. The molecule has 2 aliphatic heterocycles. The van der Waals surface area contributed by atoms with Gasteiger partial charge in [-0.25, -0.2) is 13.2 Å². The maximum Gasteiger partial charge on any atom is 0.242 e. The summed E-state index contributed by atoms with van der Waals surface area (Å²) in [4.78, 5) is 26.9. The van der Waals surface area contributed by atoms with E-state index in [0.29, 0.717) is 18.9 Å². The quantitative estimate of drug-likeness (QED) is 0.625. The number of nitrogens with one attached hydrogen (secondary N) is 1. The second kappa shape index (κ2) is 9.95. The molecule has 2 heterocycles. The summed E-state index contributed by atoms with van der Waals surface area (Å²) >= 11 is 0. The smallest absolute Gasteiger partial charge is 0.242 e. The number of halogens is 3. The number of nitrogens with two attached hydrogens (primary N) is 1. The lowest BCUT2D eigenvalue weighted by Gasteiger charge is -2.41. The molecule has 2 unspecified atom stereocenters. The Hall–Kier alpha value is -2.87. The lowest BCUT2D eigenvalue weighted by Crippen LogP contribution is -2.52. The number of piperidine rings is 1. The fourth-order valence-electron chi connectivity index (χ4n) is 5.23. The number of nitrogens with zero attached hydrogens (tertiary/aromatic N) is 1. The Kier molecular flexibility index (Phi) is 7.02. The van der Waals surface area contributed by atoms with Crippen molar-refractivity contribution in [1.29, 1.82) is 0 Å². The summed E-state index contributed by atoms with van der Waals surface area (Å²) in [7, 11) is 0. The van der Waals surface area contributed by atoms with Crippen molar-refractivity contribution in [3.8, 4) is 0 Å². The van der Waals surface area contributed by atoms with E-state index in [0.717, 1.165) is 24.5 Å². The molecule has 8 heteroatoms. The van der Waals surface area contributed by atoms with Crippen molar-refractivity contribution in [2.24, 2.45) is 11.7 Å². The van der Waals surface area contributed by atoms with Crippen LogP contribution in [0.15, 0.2) is 42.5 Å². The van der Waals surface area contributed by atoms with E-state index in [2.05, 4.69) is 5.32 Å². The van der Waals surface area contributed by atoms with Crippen molar-refractivity contribution in [2.75, 3.05) is 6.54 Å². The number of hydrogen-bond donors (Lipinski definition) is 2. The fraction of sp³-hybridized carbons (Fsp3) is 0.440. The molecule has 4 rings (SSSR count). The van der Waals surface area contributed by atoms with Crippen molar-refractivity contribution in [3.63, 3.8) is 0 Å². The molecule has 2 amide bonds. The van der Waals surface area contributed by atoms with Crippen LogP contribution >= 0.6 is 0 Å². The first-order valence-electron chi connectivity index (χ1n) is 11.3. The number of carbonyl (C=O) groups is 2. The molecule has 2 fully saturated rings. The Bertz CT molecular complexity index is 1000. The van der Waals surface area contributed by atoms with E-state index >= 15 is 0 Å². The summed E-state index contributed by atoms with van der Waals surface area (Å²) in [6.45, 7) is -0.0462. The second-order valence-electron chi connectivity index (χ2n) is 9.08. The molecule has 0 radical (unpaired) electrons. The van der Waals surface area contributed by atoms with E-state index in [1.165, 1.54) is 0 Å². The van der Waals surface area contributed by atoms with Crippen LogP contribution < -0.4 is 11.1 Å². The Morgan fingerprint density at radius 3 is 2.30 bits per heavy atom. The lowest BCUT2D eigenvalue weighted by molar-refractivity contribution is -0.137. The number of rotatable bonds is 7. The molecule has 0 aliphatic carbocycles. The van der Waals surface area contributed by atoms with Crippen molar-refractivity contribution in [2.45, 2.75) is 56.7 Å². The van der Waals surface area contributed by atoms with Crippen molar-refractivity contribution >= 4 is 11.8 Å². The topological polar surface area (TPSA) is 75.4 Å². The van der Waals surface area contributed by atoms with Crippen LogP contribution in [0.2, 0.25) is 0 Å². The number of hydrogen-bond acceptors (Lipinski definition) is 3. The zero-order chi connectivity index (χ0) is 23.5. The Labute approximate surface area is 191 Å². The van der Waals surface area contributed by atoms with Crippen LogP contribution in [0.25, 0.3) is 0 Å². The predicted octanol–water partition coefficient (Wildman–Crippen LogP) is 3.10. The molecule has 5 nitrogen and oxygen atoms in total. The molecular formula is C25H28F3N3O2. The van der Waals surface area contributed by atoms with E-state index < -0.39 is 23.5 Å². The zero-order valence-electron chi connectivity index (χ0n) is 18.3. The van der Waals surface area contributed by atoms with Gasteiger partial charge < -0.3 is 16.0 Å². The van der Waals surface area contributed by atoms with Crippen LogP contribution in [-0.4, -0.2) is 41.4 Å². The van der Waals surface area contributed by atoms with Crippen LogP contribution in [0.1, 0.15) is 36.8 Å². The van der Waals surface area contributed by atoms with Crippen LogP contribution in [0, 0.1) is 23.4 Å². The molecule has 0 spiro atoms. The molecular weight excluding hydrogens is 431 g/mol. The molecule has 2 bridgehead atoms. The predicted molar refractivity (Wildman–Crippen MR) is 118 cm³/mol. The van der Waals surface area contributed by atoms with Crippen LogP contribution in [0.4, 0.5) is 13.2 Å².